The zero-order chi connectivity index (χ0) is 18.1. The zero-order valence-electron chi connectivity index (χ0n) is 14.7. The van der Waals surface area contributed by atoms with E-state index in [9.17, 15) is 4.39 Å². The van der Waals surface area contributed by atoms with E-state index >= 15 is 0 Å². The second kappa shape index (κ2) is 7.50. The first kappa shape index (κ1) is 17.7. The molecule has 1 aliphatic heterocycles. The number of hydrogen-bond acceptors (Lipinski definition) is 6. The number of hydrogen-bond donors (Lipinski definition) is 1. The molecule has 4 rings (SSSR count). The fourth-order valence-electron chi connectivity index (χ4n) is 3.36. The normalized spacial score (nSPS) is 14.7. The maximum atomic E-state index is 13.0. The molecule has 0 radical (unpaired) electrons. The third kappa shape index (κ3) is 3.56. The summed E-state index contributed by atoms with van der Waals surface area (Å²) in [4.78, 5) is 14.1. The number of benzene rings is 1. The van der Waals surface area contributed by atoms with Crippen molar-refractivity contribution in [2.75, 3.05) is 18.8 Å². The first-order chi connectivity index (χ1) is 12.6. The highest BCUT2D eigenvalue weighted by molar-refractivity contribution is 7.98. The van der Waals surface area contributed by atoms with E-state index < -0.39 is 0 Å². The van der Waals surface area contributed by atoms with Crippen molar-refractivity contribution in [2.24, 2.45) is 0 Å². The van der Waals surface area contributed by atoms with Gasteiger partial charge >= 0.3 is 0 Å². The summed E-state index contributed by atoms with van der Waals surface area (Å²) >= 11 is 3.28. The van der Waals surface area contributed by atoms with Crippen molar-refractivity contribution in [3.8, 4) is 0 Å². The number of thioether (sulfide) groups is 1. The molecular formula is C19H21FN4S2. The Balaban J connectivity index is 1.57. The van der Waals surface area contributed by atoms with Crippen molar-refractivity contribution in [3.05, 3.63) is 46.1 Å². The van der Waals surface area contributed by atoms with E-state index in [0.717, 1.165) is 41.8 Å². The Bertz CT molecular complexity index is 923. The van der Waals surface area contributed by atoms with Crippen LogP contribution in [0.2, 0.25) is 0 Å². The van der Waals surface area contributed by atoms with Crippen LogP contribution < -0.4 is 5.73 Å². The van der Waals surface area contributed by atoms with Gasteiger partial charge in [-0.3, -0.25) is 4.90 Å². The summed E-state index contributed by atoms with van der Waals surface area (Å²) in [6, 6.07) is 6.53. The maximum absolute atomic E-state index is 13.0. The van der Waals surface area contributed by atoms with Crippen LogP contribution in [0.25, 0.3) is 10.2 Å². The molecular weight excluding hydrogens is 367 g/mol. The van der Waals surface area contributed by atoms with Crippen molar-refractivity contribution in [1.82, 2.24) is 14.9 Å². The molecule has 4 nitrogen and oxygen atoms in total. The Hall–Kier alpha value is -1.70. The van der Waals surface area contributed by atoms with Crippen LogP contribution in [0.5, 0.6) is 0 Å². The molecule has 2 aromatic heterocycles. The molecule has 0 bridgehead atoms. The molecule has 0 fully saturated rings. The summed E-state index contributed by atoms with van der Waals surface area (Å²) in [7, 11) is 0. The summed E-state index contributed by atoms with van der Waals surface area (Å²) in [5, 5.41) is 1.73. The number of anilines is 1. The van der Waals surface area contributed by atoms with Gasteiger partial charge in [-0.15, -0.1) is 11.3 Å². The molecule has 26 heavy (non-hydrogen) atoms. The Labute approximate surface area is 160 Å². The van der Waals surface area contributed by atoms with Gasteiger partial charge in [-0.05, 0) is 42.6 Å². The minimum absolute atomic E-state index is 0.220. The Morgan fingerprint density at radius 1 is 1.27 bits per heavy atom. The van der Waals surface area contributed by atoms with Crippen LogP contribution in [0.3, 0.4) is 0 Å². The number of nitrogen functional groups attached to an aromatic ring is 1. The summed E-state index contributed by atoms with van der Waals surface area (Å²) in [5.74, 6) is 1.06. The van der Waals surface area contributed by atoms with Gasteiger partial charge < -0.3 is 5.73 Å². The molecule has 0 atom stereocenters. The smallest absolute Gasteiger partial charge is 0.191 e. The number of thiophene rings is 1. The lowest BCUT2D eigenvalue weighted by molar-refractivity contribution is 0.258. The summed E-state index contributed by atoms with van der Waals surface area (Å²) in [5.41, 5.74) is 8.67. The van der Waals surface area contributed by atoms with Crippen LogP contribution in [0.1, 0.15) is 29.3 Å². The molecule has 3 heterocycles. The van der Waals surface area contributed by atoms with Crippen LogP contribution in [-0.2, 0) is 18.7 Å². The molecule has 0 saturated heterocycles. The third-order valence-corrected chi connectivity index (χ3v) is 6.64. The molecule has 1 aromatic carbocycles. The number of halogens is 1. The second-order valence-corrected chi connectivity index (χ2v) is 8.54. The predicted octanol–water partition coefficient (Wildman–Crippen LogP) is 4.47. The van der Waals surface area contributed by atoms with E-state index in [4.69, 9.17) is 10.7 Å². The lowest BCUT2D eigenvalue weighted by Gasteiger charge is -2.26. The Kier molecular flexibility index (Phi) is 5.11. The average Bonchev–Trinajstić information content (AvgIpc) is 2.99. The lowest BCUT2D eigenvalue weighted by atomic mass is 10.1. The molecule has 7 heteroatoms. The maximum Gasteiger partial charge on any atom is 0.191 e. The van der Waals surface area contributed by atoms with E-state index in [-0.39, 0.29) is 5.82 Å². The quantitative estimate of drug-likeness (QED) is 0.516. The van der Waals surface area contributed by atoms with Crippen molar-refractivity contribution in [3.63, 3.8) is 0 Å². The number of aromatic nitrogens is 2. The predicted molar refractivity (Wildman–Crippen MR) is 107 cm³/mol. The van der Waals surface area contributed by atoms with Gasteiger partial charge in [0.05, 0.1) is 5.39 Å². The molecule has 0 amide bonds. The van der Waals surface area contributed by atoms with Crippen LogP contribution >= 0.6 is 23.1 Å². The first-order valence-corrected chi connectivity index (χ1v) is 10.6. The molecule has 1 aliphatic rings. The molecule has 0 saturated carbocycles. The fourth-order valence-corrected chi connectivity index (χ4v) is 5.49. The van der Waals surface area contributed by atoms with Crippen LogP contribution in [-0.4, -0.2) is 28.0 Å². The van der Waals surface area contributed by atoms with Crippen molar-refractivity contribution in [2.45, 2.75) is 37.2 Å². The highest BCUT2D eigenvalue weighted by atomic mass is 32.2. The Morgan fingerprint density at radius 3 is 2.85 bits per heavy atom. The van der Waals surface area contributed by atoms with E-state index in [2.05, 4.69) is 16.8 Å². The average molecular weight is 389 g/mol. The van der Waals surface area contributed by atoms with Crippen LogP contribution in [0.15, 0.2) is 29.4 Å². The monoisotopic (exact) mass is 388 g/mol. The minimum atomic E-state index is -0.220. The van der Waals surface area contributed by atoms with E-state index in [1.54, 1.807) is 23.5 Å². The van der Waals surface area contributed by atoms with Crippen LogP contribution in [0.4, 0.5) is 10.2 Å². The highest BCUT2D eigenvalue weighted by Crippen LogP contribution is 2.38. The molecule has 2 N–H and O–H groups in total. The van der Waals surface area contributed by atoms with E-state index in [1.165, 1.54) is 40.8 Å². The first-order valence-electron chi connectivity index (χ1n) is 8.81. The number of rotatable bonds is 5. The number of nitrogens with zero attached hydrogens (tertiary/aromatic N) is 3. The Morgan fingerprint density at radius 2 is 2.08 bits per heavy atom. The highest BCUT2D eigenvalue weighted by Gasteiger charge is 2.23. The van der Waals surface area contributed by atoms with E-state index in [1.807, 2.05) is 0 Å². The minimum Gasteiger partial charge on any atom is -0.383 e. The van der Waals surface area contributed by atoms with Crippen molar-refractivity contribution >= 4 is 39.1 Å². The standard InChI is InChI=1S/C19H21FN4S2/c1-2-8-24-9-7-14-15(10-24)26-18-16(14)17(21)22-19(23-18)25-11-12-3-5-13(20)6-4-12/h3-6H,2,7-11H2,1H3,(H2,21,22,23). The lowest BCUT2D eigenvalue weighted by Crippen LogP contribution is -2.30. The van der Waals surface area contributed by atoms with E-state index in [0.29, 0.717) is 16.7 Å². The fraction of sp³-hybridized carbons (Fsp3) is 0.368. The summed E-state index contributed by atoms with van der Waals surface area (Å²) < 4.78 is 13.0. The summed E-state index contributed by atoms with van der Waals surface area (Å²) in [6.07, 6.45) is 2.19. The van der Waals surface area contributed by atoms with Crippen LogP contribution in [0, 0.1) is 5.82 Å². The van der Waals surface area contributed by atoms with Gasteiger partial charge in [0.15, 0.2) is 5.16 Å². The molecule has 3 aromatic rings. The molecule has 136 valence electrons. The van der Waals surface area contributed by atoms with Gasteiger partial charge in [-0.1, -0.05) is 30.8 Å². The second-order valence-electron chi connectivity index (χ2n) is 6.52. The molecule has 0 aliphatic carbocycles. The third-order valence-electron chi connectivity index (χ3n) is 4.61. The summed E-state index contributed by atoms with van der Waals surface area (Å²) in [6.45, 7) is 5.41. The topological polar surface area (TPSA) is 55.0 Å². The van der Waals surface area contributed by atoms with Gasteiger partial charge in [0.1, 0.15) is 16.5 Å². The van der Waals surface area contributed by atoms with Gasteiger partial charge in [0, 0.05) is 23.7 Å². The van der Waals surface area contributed by atoms with Gasteiger partial charge in [0.25, 0.3) is 0 Å². The van der Waals surface area contributed by atoms with Crippen molar-refractivity contribution in [1.29, 1.82) is 0 Å². The molecule has 0 spiro atoms. The SMILES string of the molecule is CCCN1CCc2c(sc3nc(SCc4ccc(F)cc4)nc(N)c23)C1. The molecule has 0 unspecified atom stereocenters. The number of nitrogens with two attached hydrogens (primary N) is 1. The van der Waals surface area contributed by atoms with Crippen molar-refractivity contribution < 1.29 is 4.39 Å². The number of fused-ring (bicyclic) bond motifs is 3. The zero-order valence-corrected chi connectivity index (χ0v) is 16.3. The van der Waals surface area contributed by atoms with Gasteiger partial charge in [-0.2, -0.15) is 0 Å². The van der Waals surface area contributed by atoms with Gasteiger partial charge in [-0.25, -0.2) is 14.4 Å². The van der Waals surface area contributed by atoms with Gasteiger partial charge in [0.2, 0.25) is 0 Å². The largest absolute Gasteiger partial charge is 0.383 e.